The molecule has 3 rings (SSSR count). The molecule has 0 aliphatic carbocycles. The minimum atomic E-state index is 0.579. The van der Waals surface area contributed by atoms with Gasteiger partial charge in [-0.2, -0.15) is 0 Å². The van der Waals surface area contributed by atoms with Crippen LogP contribution in [0, 0.1) is 0 Å². The summed E-state index contributed by atoms with van der Waals surface area (Å²) in [6, 6.07) is 26.9. The normalized spacial score (nSPS) is 10.3. The molecule has 0 fully saturated rings. The highest BCUT2D eigenvalue weighted by Crippen LogP contribution is 2.22. The van der Waals surface area contributed by atoms with Gasteiger partial charge in [-0.05, 0) is 40.8 Å². The van der Waals surface area contributed by atoms with E-state index < -0.39 is 0 Å². The predicted octanol–water partition coefficient (Wildman–Crippen LogP) is 5.50. The largest absolute Gasteiger partial charge is 0.489 e. The molecule has 0 spiro atoms. The Balaban J connectivity index is 1.73. The van der Waals surface area contributed by atoms with E-state index in [4.69, 9.17) is 4.74 Å². The van der Waals surface area contributed by atoms with Gasteiger partial charge in [0.1, 0.15) is 12.4 Å². The average molecular weight is 300 g/mol. The fraction of sp³-hybridized carbons (Fsp3) is 0.0909. The van der Waals surface area contributed by atoms with Gasteiger partial charge in [-0.25, -0.2) is 0 Å². The molecule has 0 N–H and O–H groups in total. The standard InChI is InChI=1S/C22H20O/c1-2-20-16-22(23-17-19-11-7-4-8-12-19)14-13-21(20)15-18-9-5-3-6-10-18/h2-14,16H,1,15,17H2. The summed E-state index contributed by atoms with van der Waals surface area (Å²) in [5, 5.41) is 0. The van der Waals surface area contributed by atoms with Crippen molar-refractivity contribution in [3.8, 4) is 5.75 Å². The Morgan fingerprint density at radius 3 is 2.09 bits per heavy atom. The second-order valence-electron chi connectivity index (χ2n) is 5.50. The van der Waals surface area contributed by atoms with E-state index in [1.807, 2.05) is 36.4 Å². The first-order chi connectivity index (χ1) is 11.3. The smallest absolute Gasteiger partial charge is 0.120 e. The van der Waals surface area contributed by atoms with Gasteiger partial charge in [0.2, 0.25) is 0 Å². The number of ether oxygens (including phenoxy) is 1. The van der Waals surface area contributed by atoms with Crippen molar-refractivity contribution in [3.05, 3.63) is 108 Å². The van der Waals surface area contributed by atoms with Crippen molar-refractivity contribution in [2.45, 2.75) is 13.0 Å². The van der Waals surface area contributed by atoms with Gasteiger partial charge in [0, 0.05) is 0 Å². The van der Waals surface area contributed by atoms with Gasteiger partial charge >= 0.3 is 0 Å². The number of benzene rings is 3. The summed E-state index contributed by atoms with van der Waals surface area (Å²) in [5.74, 6) is 0.876. The third-order valence-corrected chi connectivity index (χ3v) is 3.82. The van der Waals surface area contributed by atoms with E-state index in [0.717, 1.165) is 17.7 Å². The SMILES string of the molecule is C=Cc1cc(OCc2ccccc2)ccc1Cc1ccccc1. The third-order valence-electron chi connectivity index (χ3n) is 3.82. The van der Waals surface area contributed by atoms with E-state index in [1.165, 1.54) is 16.7 Å². The zero-order chi connectivity index (χ0) is 15.9. The lowest BCUT2D eigenvalue weighted by atomic mass is 9.99. The van der Waals surface area contributed by atoms with E-state index in [2.05, 4.69) is 55.1 Å². The Morgan fingerprint density at radius 1 is 0.783 bits per heavy atom. The van der Waals surface area contributed by atoms with Crippen LogP contribution in [0.15, 0.2) is 85.4 Å². The molecule has 0 saturated heterocycles. The van der Waals surface area contributed by atoms with Crippen molar-refractivity contribution in [1.82, 2.24) is 0 Å². The lowest BCUT2D eigenvalue weighted by molar-refractivity contribution is 0.306. The quantitative estimate of drug-likeness (QED) is 0.584. The molecule has 0 radical (unpaired) electrons. The molecule has 1 heteroatoms. The van der Waals surface area contributed by atoms with Crippen LogP contribution in [0.1, 0.15) is 22.3 Å². The molecule has 0 saturated carbocycles. The predicted molar refractivity (Wildman–Crippen MR) is 96.6 cm³/mol. The fourth-order valence-electron chi connectivity index (χ4n) is 2.57. The summed E-state index contributed by atoms with van der Waals surface area (Å²) >= 11 is 0. The Morgan fingerprint density at radius 2 is 1.43 bits per heavy atom. The van der Waals surface area contributed by atoms with Gasteiger partial charge in [-0.15, -0.1) is 0 Å². The van der Waals surface area contributed by atoms with Crippen LogP contribution in [-0.2, 0) is 13.0 Å². The summed E-state index contributed by atoms with van der Waals surface area (Å²) in [4.78, 5) is 0. The van der Waals surface area contributed by atoms with Crippen LogP contribution >= 0.6 is 0 Å². The highest BCUT2D eigenvalue weighted by atomic mass is 16.5. The molecule has 0 heterocycles. The molecule has 0 aliphatic heterocycles. The molecule has 3 aromatic carbocycles. The first kappa shape index (κ1) is 15.1. The van der Waals surface area contributed by atoms with Crippen LogP contribution in [0.4, 0.5) is 0 Å². The number of hydrogen-bond acceptors (Lipinski definition) is 1. The van der Waals surface area contributed by atoms with Crippen molar-refractivity contribution in [2.24, 2.45) is 0 Å². The average Bonchev–Trinajstić information content (AvgIpc) is 2.62. The highest BCUT2D eigenvalue weighted by Gasteiger charge is 2.04. The number of hydrogen-bond donors (Lipinski definition) is 0. The molecule has 0 aliphatic rings. The van der Waals surface area contributed by atoms with Crippen LogP contribution < -0.4 is 4.74 Å². The van der Waals surface area contributed by atoms with Crippen LogP contribution in [0.2, 0.25) is 0 Å². The van der Waals surface area contributed by atoms with Crippen molar-refractivity contribution in [2.75, 3.05) is 0 Å². The van der Waals surface area contributed by atoms with Gasteiger partial charge < -0.3 is 4.74 Å². The maximum Gasteiger partial charge on any atom is 0.120 e. The van der Waals surface area contributed by atoms with E-state index in [9.17, 15) is 0 Å². The van der Waals surface area contributed by atoms with Gasteiger partial charge in [0.15, 0.2) is 0 Å². The van der Waals surface area contributed by atoms with Gasteiger partial charge in [-0.1, -0.05) is 79.4 Å². The molecular weight excluding hydrogens is 280 g/mol. The third kappa shape index (κ3) is 4.10. The molecule has 114 valence electrons. The molecule has 1 nitrogen and oxygen atoms in total. The summed E-state index contributed by atoms with van der Waals surface area (Å²) in [6.07, 6.45) is 2.80. The van der Waals surface area contributed by atoms with Crippen LogP contribution in [-0.4, -0.2) is 0 Å². The second-order valence-corrected chi connectivity index (χ2v) is 5.50. The van der Waals surface area contributed by atoms with E-state index in [0.29, 0.717) is 6.61 Å². The Kier molecular flexibility index (Phi) is 4.90. The van der Waals surface area contributed by atoms with Crippen molar-refractivity contribution < 1.29 is 4.74 Å². The first-order valence-electron chi connectivity index (χ1n) is 7.81. The molecule has 0 unspecified atom stereocenters. The summed E-state index contributed by atoms with van der Waals surface area (Å²) < 4.78 is 5.89. The van der Waals surface area contributed by atoms with E-state index in [-0.39, 0.29) is 0 Å². The van der Waals surface area contributed by atoms with Crippen LogP contribution in [0.3, 0.4) is 0 Å². The zero-order valence-electron chi connectivity index (χ0n) is 13.1. The Bertz CT molecular complexity index is 760. The molecule has 0 amide bonds. The van der Waals surface area contributed by atoms with Crippen molar-refractivity contribution in [3.63, 3.8) is 0 Å². The molecule has 23 heavy (non-hydrogen) atoms. The lowest BCUT2D eigenvalue weighted by Gasteiger charge is -2.11. The summed E-state index contributed by atoms with van der Waals surface area (Å²) in [7, 11) is 0. The van der Waals surface area contributed by atoms with Gasteiger partial charge in [-0.3, -0.25) is 0 Å². The lowest BCUT2D eigenvalue weighted by Crippen LogP contribution is -1.97. The maximum absolute atomic E-state index is 5.89. The minimum absolute atomic E-state index is 0.579. The maximum atomic E-state index is 5.89. The molecule has 0 atom stereocenters. The fourth-order valence-corrected chi connectivity index (χ4v) is 2.57. The molecule has 0 bridgehead atoms. The van der Waals surface area contributed by atoms with Crippen molar-refractivity contribution in [1.29, 1.82) is 0 Å². The van der Waals surface area contributed by atoms with Gasteiger partial charge in [0.25, 0.3) is 0 Å². The molecule has 3 aromatic rings. The van der Waals surface area contributed by atoms with Crippen molar-refractivity contribution >= 4 is 6.08 Å². The highest BCUT2D eigenvalue weighted by molar-refractivity contribution is 5.55. The van der Waals surface area contributed by atoms with Crippen LogP contribution in [0.25, 0.3) is 6.08 Å². The molecular formula is C22H20O. The second kappa shape index (κ2) is 7.46. The Labute approximate surface area is 137 Å². The summed E-state index contributed by atoms with van der Waals surface area (Å²) in [5.41, 5.74) is 4.85. The zero-order valence-corrected chi connectivity index (χ0v) is 13.1. The van der Waals surface area contributed by atoms with Crippen LogP contribution in [0.5, 0.6) is 5.75 Å². The summed E-state index contributed by atoms with van der Waals surface area (Å²) in [6.45, 7) is 4.52. The van der Waals surface area contributed by atoms with E-state index >= 15 is 0 Å². The Hall–Kier alpha value is -2.80. The van der Waals surface area contributed by atoms with E-state index in [1.54, 1.807) is 0 Å². The monoisotopic (exact) mass is 300 g/mol. The first-order valence-corrected chi connectivity index (χ1v) is 7.81. The topological polar surface area (TPSA) is 9.23 Å². The molecule has 0 aromatic heterocycles. The van der Waals surface area contributed by atoms with Gasteiger partial charge in [0.05, 0.1) is 0 Å². The minimum Gasteiger partial charge on any atom is -0.489 e. The number of rotatable bonds is 6.